The molecule has 0 saturated heterocycles. The number of benzene rings is 1. The van der Waals surface area contributed by atoms with Crippen LogP contribution in [0, 0.1) is 0 Å². The van der Waals surface area contributed by atoms with E-state index in [0.717, 1.165) is 12.0 Å². The van der Waals surface area contributed by atoms with E-state index >= 15 is 0 Å². The minimum Gasteiger partial charge on any atom is -0.356 e. The summed E-state index contributed by atoms with van der Waals surface area (Å²) in [5.41, 5.74) is 1.99. The summed E-state index contributed by atoms with van der Waals surface area (Å²) in [5, 5.41) is 2.97. The van der Waals surface area contributed by atoms with Crippen LogP contribution >= 0.6 is 0 Å². The minimum absolute atomic E-state index is 0.0345. The molecule has 4 heteroatoms. The third kappa shape index (κ3) is 3.15. The van der Waals surface area contributed by atoms with Gasteiger partial charge in [0.25, 0.3) is 5.91 Å². The zero-order chi connectivity index (χ0) is 14.5. The van der Waals surface area contributed by atoms with Crippen molar-refractivity contribution < 1.29 is 9.59 Å². The molecule has 2 rings (SSSR count). The topological polar surface area (TPSA) is 62.0 Å². The number of aromatic amines is 1. The van der Waals surface area contributed by atoms with E-state index in [9.17, 15) is 9.59 Å². The summed E-state index contributed by atoms with van der Waals surface area (Å²) in [4.78, 5) is 26.2. The molecule has 0 spiro atoms. The number of hydrogen-bond acceptors (Lipinski definition) is 2. The first-order valence-electron chi connectivity index (χ1n) is 6.67. The van der Waals surface area contributed by atoms with Crippen molar-refractivity contribution >= 4 is 11.7 Å². The summed E-state index contributed by atoms with van der Waals surface area (Å²) in [6.07, 6.45) is 2.36. The Balaban J connectivity index is 2.11. The lowest BCUT2D eigenvalue weighted by molar-refractivity contribution is 0.0931. The molecule has 0 aliphatic rings. The van der Waals surface area contributed by atoms with Crippen LogP contribution in [-0.2, 0) is 0 Å². The number of hydrogen-bond donors (Lipinski definition) is 2. The molecule has 0 aliphatic heterocycles. The van der Waals surface area contributed by atoms with Crippen LogP contribution in [0.3, 0.4) is 0 Å². The number of carbonyl (C=O) groups is 2. The third-order valence-electron chi connectivity index (χ3n) is 3.25. The van der Waals surface area contributed by atoms with E-state index in [0.29, 0.717) is 11.3 Å². The van der Waals surface area contributed by atoms with Gasteiger partial charge in [0.2, 0.25) is 0 Å². The standard InChI is InChI=1S/C16H18N2O2/c1-3-14(12-7-5-4-6-8-12)18-16(20)15-9-13(10-17-15)11(2)19/h4-10,14,17H,3H2,1-2H3,(H,18,20)/t14-/m1/s1. The molecule has 4 nitrogen and oxygen atoms in total. The van der Waals surface area contributed by atoms with Crippen molar-refractivity contribution in [3.63, 3.8) is 0 Å². The molecule has 1 heterocycles. The van der Waals surface area contributed by atoms with Crippen molar-refractivity contribution in [1.82, 2.24) is 10.3 Å². The zero-order valence-corrected chi connectivity index (χ0v) is 11.6. The molecule has 2 N–H and O–H groups in total. The van der Waals surface area contributed by atoms with Gasteiger partial charge < -0.3 is 10.3 Å². The van der Waals surface area contributed by atoms with Crippen LogP contribution in [0.15, 0.2) is 42.6 Å². The quantitative estimate of drug-likeness (QED) is 0.820. The Morgan fingerprint density at radius 3 is 2.50 bits per heavy atom. The van der Waals surface area contributed by atoms with E-state index in [1.165, 1.54) is 6.92 Å². The SMILES string of the molecule is CC[C@@H](NC(=O)c1cc(C(C)=O)c[nH]1)c1ccccc1. The van der Waals surface area contributed by atoms with E-state index < -0.39 is 0 Å². The zero-order valence-electron chi connectivity index (χ0n) is 11.6. The highest BCUT2D eigenvalue weighted by molar-refractivity contribution is 5.99. The van der Waals surface area contributed by atoms with Crippen LogP contribution in [0.4, 0.5) is 0 Å². The van der Waals surface area contributed by atoms with Gasteiger partial charge in [-0.2, -0.15) is 0 Å². The Kier molecular flexibility index (Phi) is 4.35. The first-order valence-corrected chi connectivity index (χ1v) is 6.67. The lowest BCUT2D eigenvalue weighted by Gasteiger charge is -2.16. The van der Waals surface area contributed by atoms with Gasteiger partial charge in [0.1, 0.15) is 5.69 Å². The van der Waals surface area contributed by atoms with Crippen LogP contribution in [0.5, 0.6) is 0 Å². The maximum Gasteiger partial charge on any atom is 0.268 e. The summed E-state index contributed by atoms with van der Waals surface area (Å²) in [7, 11) is 0. The Bertz CT molecular complexity index is 602. The molecular formula is C16H18N2O2. The van der Waals surface area contributed by atoms with Gasteiger partial charge in [-0.1, -0.05) is 37.3 Å². The lowest BCUT2D eigenvalue weighted by Crippen LogP contribution is -2.28. The van der Waals surface area contributed by atoms with Gasteiger partial charge in [0, 0.05) is 11.8 Å². The fourth-order valence-electron chi connectivity index (χ4n) is 2.07. The van der Waals surface area contributed by atoms with Gasteiger partial charge in [-0.05, 0) is 25.0 Å². The molecular weight excluding hydrogens is 252 g/mol. The van der Waals surface area contributed by atoms with E-state index in [1.54, 1.807) is 12.3 Å². The summed E-state index contributed by atoms with van der Waals surface area (Å²) >= 11 is 0. The Labute approximate surface area is 118 Å². The molecule has 0 aliphatic carbocycles. The highest BCUT2D eigenvalue weighted by atomic mass is 16.2. The Morgan fingerprint density at radius 2 is 1.95 bits per heavy atom. The van der Waals surface area contributed by atoms with Crippen LogP contribution in [-0.4, -0.2) is 16.7 Å². The lowest BCUT2D eigenvalue weighted by atomic mass is 10.0. The minimum atomic E-state index is -0.201. The number of amides is 1. The van der Waals surface area contributed by atoms with E-state index in [2.05, 4.69) is 10.3 Å². The molecule has 1 amide bonds. The fraction of sp³-hybridized carbons (Fsp3) is 0.250. The summed E-state index contributed by atoms with van der Waals surface area (Å²) in [5.74, 6) is -0.261. The molecule has 0 fully saturated rings. The number of H-pyrrole nitrogens is 1. The number of aromatic nitrogens is 1. The van der Waals surface area contributed by atoms with Gasteiger partial charge >= 0.3 is 0 Å². The number of nitrogens with one attached hydrogen (secondary N) is 2. The molecule has 0 saturated carbocycles. The van der Waals surface area contributed by atoms with Crippen molar-refractivity contribution in [3.05, 3.63) is 59.4 Å². The van der Waals surface area contributed by atoms with Crippen LogP contribution < -0.4 is 5.32 Å². The Hall–Kier alpha value is -2.36. The second-order valence-electron chi connectivity index (χ2n) is 4.70. The van der Waals surface area contributed by atoms with Crippen LogP contribution in [0.1, 0.15) is 52.7 Å². The molecule has 0 radical (unpaired) electrons. The van der Waals surface area contributed by atoms with E-state index in [4.69, 9.17) is 0 Å². The monoisotopic (exact) mass is 270 g/mol. The number of ketones is 1. The molecule has 104 valence electrons. The predicted molar refractivity (Wildman–Crippen MR) is 77.7 cm³/mol. The molecule has 0 bridgehead atoms. The number of rotatable bonds is 5. The molecule has 2 aromatic rings. The first-order chi connectivity index (χ1) is 9.61. The maximum atomic E-state index is 12.2. The third-order valence-corrected chi connectivity index (χ3v) is 3.25. The van der Waals surface area contributed by atoms with Crippen LogP contribution in [0.2, 0.25) is 0 Å². The van der Waals surface area contributed by atoms with Crippen molar-refractivity contribution in [1.29, 1.82) is 0 Å². The highest BCUT2D eigenvalue weighted by Gasteiger charge is 2.15. The van der Waals surface area contributed by atoms with Gasteiger partial charge in [0.15, 0.2) is 5.78 Å². The van der Waals surface area contributed by atoms with Crippen molar-refractivity contribution in [2.24, 2.45) is 0 Å². The van der Waals surface area contributed by atoms with Gasteiger partial charge in [-0.3, -0.25) is 9.59 Å². The fourth-order valence-corrected chi connectivity index (χ4v) is 2.07. The van der Waals surface area contributed by atoms with Gasteiger partial charge in [-0.15, -0.1) is 0 Å². The second kappa shape index (κ2) is 6.19. The number of carbonyl (C=O) groups excluding carboxylic acids is 2. The Morgan fingerprint density at radius 1 is 1.25 bits per heavy atom. The number of Topliss-reactive ketones (excluding diaryl/α,β-unsaturated/α-hetero) is 1. The molecule has 20 heavy (non-hydrogen) atoms. The largest absolute Gasteiger partial charge is 0.356 e. The smallest absolute Gasteiger partial charge is 0.268 e. The summed E-state index contributed by atoms with van der Waals surface area (Å²) < 4.78 is 0. The van der Waals surface area contributed by atoms with Gasteiger partial charge in [0.05, 0.1) is 6.04 Å². The van der Waals surface area contributed by atoms with Crippen molar-refractivity contribution in [2.45, 2.75) is 26.3 Å². The van der Waals surface area contributed by atoms with Crippen LogP contribution in [0.25, 0.3) is 0 Å². The molecule has 1 aromatic heterocycles. The van der Waals surface area contributed by atoms with Gasteiger partial charge in [-0.25, -0.2) is 0 Å². The predicted octanol–water partition coefficient (Wildman–Crippen LogP) is 3.10. The average molecular weight is 270 g/mol. The summed E-state index contributed by atoms with van der Waals surface area (Å²) in [6, 6.07) is 11.4. The summed E-state index contributed by atoms with van der Waals surface area (Å²) in [6.45, 7) is 3.50. The molecule has 1 aromatic carbocycles. The van der Waals surface area contributed by atoms with E-state index in [1.807, 2.05) is 37.3 Å². The average Bonchev–Trinajstić information content (AvgIpc) is 2.95. The van der Waals surface area contributed by atoms with E-state index in [-0.39, 0.29) is 17.7 Å². The van der Waals surface area contributed by atoms with Crippen molar-refractivity contribution in [3.8, 4) is 0 Å². The molecule has 0 unspecified atom stereocenters. The maximum absolute atomic E-state index is 12.2. The highest BCUT2D eigenvalue weighted by Crippen LogP contribution is 2.16. The normalized spacial score (nSPS) is 11.9. The molecule has 1 atom stereocenters. The van der Waals surface area contributed by atoms with Crippen molar-refractivity contribution in [2.75, 3.05) is 0 Å². The first kappa shape index (κ1) is 14.1. The second-order valence-corrected chi connectivity index (χ2v) is 4.70.